The van der Waals surface area contributed by atoms with Gasteiger partial charge < -0.3 is 47.0 Å². The van der Waals surface area contributed by atoms with Crippen LogP contribution < -0.4 is 37.2 Å². The number of carbonyl (C=O) groups excluding carboxylic acids is 6. The van der Waals surface area contributed by atoms with Gasteiger partial charge in [-0.3, -0.25) is 19.2 Å². The smallest absolute Gasteiger partial charge is 0.317 e. The average Bonchev–Trinajstić information content (AvgIpc) is 3.29. The second-order valence-electron chi connectivity index (χ2n) is 29.0. The minimum absolute atomic E-state index is 0.0273. The molecule has 0 radical (unpaired) electrons. The summed E-state index contributed by atoms with van der Waals surface area (Å²) < 4.78 is 1.16. The molecule has 0 bridgehead atoms. The van der Waals surface area contributed by atoms with Crippen molar-refractivity contribution in [3.63, 3.8) is 0 Å². The number of carbonyl (C=O) groups is 6. The first-order chi connectivity index (χ1) is 36.6. The summed E-state index contributed by atoms with van der Waals surface area (Å²) in [5.41, 5.74) is -3.89. The molecule has 0 fully saturated rings. The van der Waals surface area contributed by atoms with Crippen molar-refractivity contribution in [3.05, 3.63) is 0 Å². The largest absolute Gasteiger partial charge is 0.347 e. The van der Waals surface area contributed by atoms with Crippen LogP contribution in [0.5, 0.6) is 0 Å². The highest BCUT2D eigenvalue weighted by Crippen LogP contribution is 2.27. The molecule has 0 spiro atoms. The second-order valence-corrected chi connectivity index (χ2v) is 34.8. The first kappa shape index (κ1) is 85.4. The van der Waals surface area contributed by atoms with Crippen LogP contribution in [0.4, 0.5) is 9.59 Å². The maximum atomic E-state index is 12.5. The van der Waals surface area contributed by atoms with E-state index in [0.717, 1.165) is 52.2 Å². The Hall–Kier alpha value is -2.09. The molecule has 0 aromatic heterocycles. The van der Waals surface area contributed by atoms with Crippen molar-refractivity contribution in [2.24, 2.45) is 16.2 Å². The van der Waals surface area contributed by atoms with Crippen LogP contribution in [-0.2, 0) is 19.2 Å². The third kappa shape index (κ3) is 50.9. The maximum Gasteiger partial charge on any atom is 0.317 e. The van der Waals surface area contributed by atoms with E-state index in [0.29, 0.717) is 33.7 Å². The molecule has 0 aliphatic carbocycles. The Morgan fingerprint density at radius 1 is 0.370 bits per heavy atom. The van der Waals surface area contributed by atoms with Crippen molar-refractivity contribution in [2.45, 2.75) is 255 Å². The fourth-order valence-corrected chi connectivity index (χ4v) is 10.8. The van der Waals surface area contributed by atoms with E-state index in [9.17, 15) is 28.8 Å². The van der Waals surface area contributed by atoms with Crippen molar-refractivity contribution < 1.29 is 28.8 Å². The lowest BCUT2D eigenvalue weighted by Crippen LogP contribution is -2.57. The molecule has 0 aromatic rings. The highest BCUT2D eigenvalue weighted by atomic mass is 32.2. The number of amides is 5. The minimum atomic E-state index is -0.873. The third-order valence-corrected chi connectivity index (χ3v) is 16.2. The van der Waals surface area contributed by atoms with Crippen molar-refractivity contribution in [1.29, 1.82) is 0 Å². The molecule has 0 rings (SSSR count). The Kier molecular flexibility index (Phi) is 44.1. The summed E-state index contributed by atoms with van der Waals surface area (Å²) in [5.74, 6) is 3.83. The molecular weight excluding hydrogens is 1070 g/mol. The highest BCUT2D eigenvalue weighted by Gasteiger charge is 2.39. The molecule has 0 aliphatic heterocycles. The monoisotopic (exact) mass is 1210 g/mol. The predicted molar refractivity (Wildman–Crippen MR) is 358 cm³/mol. The molecule has 0 saturated carbocycles. The van der Waals surface area contributed by atoms with E-state index in [4.69, 9.17) is 0 Å². The van der Waals surface area contributed by atoms with Gasteiger partial charge in [-0.05, 0) is 124 Å². The summed E-state index contributed by atoms with van der Waals surface area (Å²) in [7, 11) is 5.52. The van der Waals surface area contributed by atoms with E-state index >= 15 is 0 Å². The zero-order valence-corrected chi connectivity index (χ0v) is 59.9. The minimum Gasteiger partial charge on any atom is -0.347 e. The molecule has 0 saturated heterocycles. The van der Waals surface area contributed by atoms with Gasteiger partial charge in [0.1, 0.15) is 0 Å². The molecule has 0 unspecified atom stereocenters. The molecule has 7 N–H and O–H groups in total. The fourth-order valence-electron chi connectivity index (χ4n) is 7.87. The normalized spacial score (nSPS) is 12.6. The number of rotatable bonds is 34. The number of Topliss-reactive ketones (excluding diaryl/α,β-unsaturated/α-hetero) is 3. The van der Waals surface area contributed by atoms with E-state index in [2.05, 4.69) is 111 Å². The number of nitrogens with zero attached hydrogens (tertiary/aromatic N) is 2. The Morgan fingerprint density at radius 3 is 0.938 bits per heavy atom. The van der Waals surface area contributed by atoms with Crippen molar-refractivity contribution in [1.82, 2.24) is 47.0 Å². The number of unbranched alkanes of at least 4 members (excludes halogenated alkanes) is 6. The number of ketones is 3. The van der Waals surface area contributed by atoms with Crippen LogP contribution in [0.3, 0.4) is 0 Å². The van der Waals surface area contributed by atoms with E-state index in [1.165, 1.54) is 68.6 Å². The first-order valence-electron chi connectivity index (χ1n) is 30.2. The molecule has 0 aromatic carbocycles. The Labute approximate surface area is 512 Å². The summed E-state index contributed by atoms with van der Waals surface area (Å²) in [4.78, 5) is 74.7. The molecule has 15 nitrogen and oxygen atoms in total. The van der Waals surface area contributed by atoms with E-state index < -0.39 is 32.9 Å². The number of hydrogen-bond acceptors (Lipinski definition) is 13. The zero-order chi connectivity index (χ0) is 64.2. The topological polar surface area (TPSA) is 193 Å². The summed E-state index contributed by atoms with van der Waals surface area (Å²) in [6.45, 7) is 55.7. The quantitative estimate of drug-likeness (QED) is 0.0238. The molecule has 0 heterocycles. The molecule has 482 valence electrons. The van der Waals surface area contributed by atoms with Crippen molar-refractivity contribution >= 4 is 71.1 Å². The van der Waals surface area contributed by atoms with E-state index in [-0.39, 0.29) is 29.4 Å². The second kappa shape index (κ2) is 41.9. The summed E-state index contributed by atoms with van der Waals surface area (Å²) >= 11 is 6.12. The van der Waals surface area contributed by atoms with Gasteiger partial charge in [-0.15, -0.1) is 0 Å². The number of likely N-dealkylation sites (N-methyl/N-ethyl adjacent to an activating group) is 3. The molecule has 5 amide bonds. The van der Waals surface area contributed by atoms with Crippen LogP contribution >= 0.6 is 35.3 Å². The number of nitrogens with one attached hydrogen (secondary N) is 7. The van der Waals surface area contributed by atoms with Crippen LogP contribution in [0.25, 0.3) is 0 Å². The standard InChI is InChI=1S/C22H45N3O2S.C21H43N3O2S.C11H26N2S.C9H17NO2/c1-20(2,3)18(26)22(7,8)24-19(27)25(9)16-15-23-14-12-10-11-13-17-28-21(4,5)6;1-19(2,3)17(25)21(7,8)23-18(26)24(9)15-14-22-13-11-10-12-16-27-20(4,5)6;1-11(2,3)14-10-6-5-7-13-9-8-12-4;1-8(2,3)7(12)9(4,5)10-6-11/h23H,10-17H2,1-9H3,(H,24,27);22H,10-16H2,1-9H3,(H,23,26);12-13H,5-10H2,1-4H3;6H,1-5H3,(H,10,11). The predicted octanol–water partition coefficient (Wildman–Crippen LogP) is 12.2. The van der Waals surface area contributed by atoms with Gasteiger partial charge in [0.15, 0.2) is 17.3 Å². The fraction of sp³-hybridized carbons (Fsp3) is 0.905. The lowest BCUT2D eigenvalue weighted by Gasteiger charge is -2.33. The summed E-state index contributed by atoms with van der Waals surface area (Å²) in [6.07, 6.45) is 11.8. The van der Waals surface area contributed by atoms with Gasteiger partial charge in [-0.1, -0.05) is 144 Å². The van der Waals surface area contributed by atoms with Gasteiger partial charge in [-0.25, -0.2) is 9.59 Å². The number of hydrogen-bond donors (Lipinski definition) is 7. The van der Waals surface area contributed by atoms with Crippen LogP contribution in [0, 0.1) is 16.2 Å². The van der Waals surface area contributed by atoms with Crippen LogP contribution in [0.2, 0.25) is 0 Å². The van der Waals surface area contributed by atoms with Gasteiger partial charge in [0, 0.05) is 83.8 Å². The Bertz CT molecular complexity index is 1720. The van der Waals surface area contributed by atoms with Crippen LogP contribution in [0.1, 0.15) is 224 Å². The summed E-state index contributed by atoms with van der Waals surface area (Å²) in [5, 5.41) is 21.5. The van der Waals surface area contributed by atoms with Crippen LogP contribution in [-0.4, -0.2) is 174 Å². The molecule has 81 heavy (non-hydrogen) atoms. The highest BCUT2D eigenvalue weighted by molar-refractivity contribution is 8.01. The van der Waals surface area contributed by atoms with Gasteiger partial charge in [0.2, 0.25) is 6.41 Å². The molecule has 0 atom stereocenters. The third-order valence-electron chi connectivity index (χ3n) is 12.1. The van der Waals surface area contributed by atoms with Gasteiger partial charge in [-0.2, -0.15) is 35.3 Å². The Balaban J connectivity index is -0.000000518. The molecule has 0 aliphatic rings. The SMILES string of the molecule is CC(C)(C)C(=O)C(C)(C)NC=O.CN(CCNCCCCCCSC(C)(C)C)C(=O)NC(C)(C)C(=O)C(C)(C)C.CN(CCNCCCCCSC(C)(C)C)C(=O)NC(C)(C)C(=O)C(C)(C)C.CNCCNCCCCSC(C)(C)C. The summed E-state index contributed by atoms with van der Waals surface area (Å²) in [6, 6.07) is -0.417. The van der Waals surface area contributed by atoms with Gasteiger partial charge in [0.05, 0.1) is 16.6 Å². The maximum absolute atomic E-state index is 12.5. The Morgan fingerprint density at radius 2 is 0.642 bits per heavy atom. The van der Waals surface area contributed by atoms with E-state index in [1.807, 2.05) is 92.9 Å². The lowest BCUT2D eigenvalue weighted by atomic mass is 9.80. The van der Waals surface area contributed by atoms with Crippen molar-refractivity contribution in [3.8, 4) is 0 Å². The lowest BCUT2D eigenvalue weighted by molar-refractivity contribution is -0.133. The average molecular weight is 1210 g/mol. The number of urea groups is 2. The first-order valence-corrected chi connectivity index (χ1v) is 33.2. The van der Waals surface area contributed by atoms with Crippen LogP contribution in [0.15, 0.2) is 0 Å². The zero-order valence-electron chi connectivity index (χ0n) is 57.5. The van der Waals surface area contributed by atoms with Crippen molar-refractivity contribution in [2.75, 3.05) is 97.3 Å². The van der Waals surface area contributed by atoms with E-state index in [1.54, 1.807) is 65.4 Å². The number of thioether (sulfide) groups is 3. The molecule has 18 heteroatoms. The van der Waals surface area contributed by atoms with Gasteiger partial charge >= 0.3 is 12.1 Å². The molecular formula is C63H131N9O6S3. The van der Waals surface area contributed by atoms with Gasteiger partial charge in [0.25, 0.3) is 0 Å².